The average molecular weight is 327 g/mol. The second kappa shape index (κ2) is 7.16. The molecule has 6 heteroatoms. The molecular formula is C11H14BrClFNO2. The van der Waals surface area contributed by atoms with E-state index in [9.17, 15) is 9.50 Å². The van der Waals surface area contributed by atoms with E-state index in [1.165, 1.54) is 12.1 Å². The van der Waals surface area contributed by atoms with Gasteiger partial charge in [-0.3, -0.25) is 0 Å². The molecule has 3 nitrogen and oxygen atoms in total. The van der Waals surface area contributed by atoms with Gasteiger partial charge in [0.25, 0.3) is 0 Å². The van der Waals surface area contributed by atoms with E-state index in [1.54, 1.807) is 0 Å². The number of ether oxygens (including phenoxy) is 1. The minimum Gasteiger partial charge on any atom is -0.489 e. The zero-order valence-corrected chi connectivity index (χ0v) is 11.7. The van der Waals surface area contributed by atoms with Gasteiger partial charge in [-0.25, -0.2) is 4.39 Å². The Bertz CT molecular complexity index is 379. The minimum absolute atomic E-state index is 0.0633. The number of aliphatic hydroxyl groups is 1. The summed E-state index contributed by atoms with van der Waals surface area (Å²) in [6, 6.07) is 2.61. The Balaban J connectivity index is 2.54. The van der Waals surface area contributed by atoms with Crippen molar-refractivity contribution in [2.45, 2.75) is 13.0 Å². The summed E-state index contributed by atoms with van der Waals surface area (Å²) in [6.07, 6.45) is -0.655. The number of aliphatic hydroxyl groups excluding tert-OH is 1. The van der Waals surface area contributed by atoms with Gasteiger partial charge in [-0.05, 0) is 28.5 Å². The first-order chi connectivity index (χ1) is 8.04. The van der Waals surface area contributed by atoms with Gasteiger partial charge in [0.2, 0.25) is 0 Å². The maximum Gasteiger partial charge on any atom is 0.141 e. The van der Waals surface area contributed by atoms with Crippen molar-refractivity contribution >= 4 is 27.5 Å². The second-order valence-electron chi connectivity index (χ2n) is 3.47. The monoisotopic (exact) mass is 325 g/mol. The summed E-state index contributed by atoms with van der Waals surface area (Å²) < 4.78 is 18.8. The standard InChI is InChI=1S/C11H14BrClFNO2/c1-2-15-5-7(16)6-17-11-4-10(14)8(12)3-9(11)13/h3-4,7,15-16H,2,5-6H2,1H3. The molecule has 0 aliphatic heterocycles. The van der Waals surface area contributed by atoms with Gasteiger partial charge in [0.15, 0.2) is 0 Å². The quantitative estimate of drug-likeness (QED) is 0.790. The van der Waals surface area contributed by atoms with Gasteiger partial charge in [0.05, 0.1) is 9.50 Å². The van der Waals surface area contributed by atoms with Crippen LogP contribution in [-0.2, 0) is 0 Å². The lowest BCUT2D eigenvalue weighted by molar-refractivity contribution is 0.107. The summed E-state index contributed by atoms with van der Waals surface area (Å²) in [5, 5.41) is 12.8. The molecule has 0 radical (unpaired) electrons. The Kier molecular flexibility index (Phi) is 6.19. The fourth-order valence-corrected chi connectivity index (χ4v) is 1.86. The Morgan fingerprint density at radius 3 is 2.94 bits per heavy atom. The smallest absolute Gasteiger partial charge is 0.141 e. The van der Waals surface area contributed by atoms with E-state index in [0.717, 1.165) is 6.54 Å². The Morgan fingerprint density at radius 2 is 2.29 bits per heavy atom. The van der Waals surface area contributed by atoms with Gasteiger partial charge in [-0.1, -0.05) is 18.5 Å². The predicted molar refractivity (Wildman–Crippen MR) is 69.2 cm³/mol. The molecule has 0 aliphatic carbocycles. The van der Waals surface area contributed by atoms with Gasteiger partial charge in [-0.2, -0.15) is 0 Å². The van der Waals surface area contributed by atoms with E-state index in [1.807, 2.05) is 6.92 Å². The van der Waals surface area contributed by atoms with Gasteiger partial charge in [0.1, 0.15) is 24.3 Å². The van der Waals surface area contributed by atoms with Crippen LogP contribution < -0.4 is 10.1 Å². The largest absolute Gasteiger partial charge is 0.489 e. The highest BCUT2D eigenvalue weighted by molar-refractivity contribution is 9.10. The lowest BCUT2D eigenvalue weighted by atomic mass is 10.3. The SMILES string of the molecule is CCNCC(O)COc1cc(F)c(Br)cc1Cl. The molecule has 0 aromatic heterocycles. The normalized spacial score (nSPS) is 12.5. The number of rotatable bonds is 6. The number of likely N-dealkylation sites (N-methyl/N-ethyl adjacent to an activating group) is 1. The molecule has 0 aliphatic rings. The third-order valence-corrected chi connectivity index (χ3v) is 2.94. The average Bonchev–Trinajstić information content (AvgIpc) is 2.29. The molecule has 0 amide bonds. The molecule has 0 fully saturated rings. The van der Waals surface area contributed by atoms with Crippen molar-refractivity contribution in [2.24, 2.45) is 0 Å². The molecule has 1 unspecified atom stereocenters. The number of hydrogen-bond donors (Lipinski definition) is 2. The first kappa shape index (κ1) is 14.7. The van der Waals surface area contributed by atoms with E-state index >= 15 is 0 Å². The van der Waals surface area contributed by atoms with Crippen LogP contribution in [0.2, 0.25) is 5.02 Å². The summed E-state index contributed by atoms with van der Waals surface area (Å²) in [7, 11) is 0. The van der Waals surface area contributed by atoms with Crippen LogP contribution in [0.5, 0.6) is 5.75 Å². The van der Waals surface area contributed by atoms with Crippen molar-refractivity contribution < 1.29 is 14.2 Å². The van der Waals surface area contributed by atoms with Crippen molar-refractivity contribution in [1.29, 1.82) is 0 Å². The lowest BCUT2D eigenvalue weighted by Gasteiger charge is -2.13. The Labute approximate surface area is 113 Å². The highest BCUT2D eigenvalue weighted by Gasteiger charge is 2.10. The number of nitrogens with one attached hydrogen (secondary N) is 1. The van der Waals surface area contributed by atoms with Gasteiger partial charge >= 0.3 is 0 Å². The summed E-state index contributed by atoms with van der Waals surface area (Å²) in [5.74, 6) is -0.228. The summed E-state index contributed by atoms with van der Waals surface area (Å²) in [5.41, 5.74) is 0. The maximum atomic E-state index is 13.2. The van der Waals surface area contributed by atoms with Crippen LogP contribution in [0.3, 0.4) is 0 Å². The van der Waals surface area contributed by atoms with Crippen molar-refractivity contribution in [3.63, 3.8) is 0 Å². The summed E-state index contributed by atoms with van der Waals surface area (Å²) >= 11 is 8.89. The molecule has 1 aromatic rings. The fourth-order valence-electron chi connectivity index (χ4n) is 1.17. The van der Waals surface area contributed by atoms with Gasteiger partial charge < -0.3 is 15.2 Å². The summed E-state index contributed by atoms with van der Waals surface area (Å²) in [6.45, 7) is 3.19. The van der Waals surface area contributed by atoms with E-state index in [2.05, 4.69) is 21.2 Å². The molecule has 2 N–H and O–H groups in total. The molecule has 0 saturated carbocycles. The van der Waals surface area contributed by atoms with Crippen molar-refractivity contribution in [3.8, 4) is 5.75 Å². The molecule has 1 atom stereocenters. The van der Waals surface area contributed by atoms with Crippen LogP contribution in [0.4, 0.5) is 4.39 Å². The third-order valence-electron chi connectivity index (χ3n) is 2.04. The van der Waals surface area contributed by atoms with Crippen LogP contribution in [0.15, 0.2) is 16.6 Å². The topological polar surface area (TPSA) is 41.5 Å². The van der Waals surface area contributed by atoms with Crippen molar-refractivity contribution in [3.05, 3.63) is 27.4 Å². The Morgan fingerprint density at radius 1 is 1.59 bits per heavy atom. The van der Waals surface area contributed by atoms with Gasteiger partial charge in [0, 0.05) is 12.6 Å². The molecule has 0 spiro atoms. The van der Waals surface area contributed by atoms with Crippen molar-refractivity contribution in [1.82, 2.24) is 5.32 Å². The van der Waals surface area contributed by atoms with Crippen LogP contribution >= 0.6 is 27.5 Å². The Hall–Kier alpha value is -0.360. The molecule has 0 saturated heterocycles. The highest BCUT2D eigenvalue weighted by atomic mass is 79.9. The van der Waals surface area contributed by atoms with E-state index in [-0.39, 0.29) is 16.8 Å². The molecule has 96 valence electrons. The summed E-state index contributed by atoms with van der Waals surface area (Å²) in [4.78, 5) is 0. The van der Waals surface area contributed by atoms with Crippen LogP contribution in [0.1, 0.15) is 6.92 Å². The number of hydrogen-bond acceptors (Lipinski definition) is 3. The first-order valence-electron chi connectivity index (χ1n) is 5.20. The minimum atomic E-state index is -0.655. The third kappa shape index (κ3) is 4.79. The van der Waals surface area contributed by atoms with Crippen LogP contribution in [0, 0.1) is 5.82 Å². The highest BCUT2D eigenvalue weighted by Crippen LogP contribution is 2.30. The predicted octanol–water partition coefficient (Wildman–Crippen LogP) is 2.59. The molecule has 17 heavy (non-hydrogen) atoms. The van der Waals surface area contributed by atoms with E-state index < -0.39 is 11.9 Å². The van der Waals surface area contributed by atoms with Crippen LogP contribution in [-0.4, -0.2) is 30.9 Å². The molecule has 0 heterocycles. The molecule has 1 rings (SSSR count). The second-order valence-corrected chi connectivity index (χ2v) is 4.73. The maximum absolute atomic E-state index is 13.2. The molecule has 0 bridgehead atoms. The number of benzene rings is 1. The molecule has 1 aromatic carbocycles. The lowest BCUT2D eigenvalue weighted by Crippen LogP contribution is -2.31. The number of halogens is 3. The van der Waals surface area contributed by atoms with E-state index in [0.29, 0.717) is 11.6 Å². The van der Waals surface area contributed by atoms with Crippen LogP contribution in [0.25, 0.3) is 0 Å². The zero-order valence-electron chi connectivity index (χ0n) is 9.34. The first-order valence-corrected chi connectivity index (χ1v) is 6.37. The van der Waals surface area contributed by atoms with Crippen molar-refractivity contribution in [2.75, 3.05) is 19.7 Å². The van der Waals surface area contributed by atoms with Gasteiger partial charge in [-0.15, -0.1) is 0 Å². The molecular weight excluding hydrogens is 312 g/mol. The van der Waals surface area contributed by atoms with E-state index in [4.69, 9.17) is 16.3 Å². The zero-order chi connectivity index (χ0) is 12.8. The fraction of sp³-hybridized carbons (Fsp3) is 0.455.